The molecule has 1 amide bonds. The molecule has 2 bridgehead atoms. The molecule has 0 unspecified atom stereocenters. The van der Waals surface area contributed by atoms with Crippen molar-refractivity contribution in [3.63, 3.8) is 0 Å². The highest BCUT2D eigenvalue weighted by Gasteiger charge is 2.45. The number of nitrogens with zero attached hydrogens (tertiary/aromatic N) is 2. The number of hydrogen-bond acceptors (Lipinski definition) is 4. The van der Waals surface area contributed by atoms with Crippen LogP contribution in [0, 0.1) is 11.8 Å². The van der Waals surface area contributed by atoms with E-state index in [1.165, 1.54) is 31.2 Å². The molecular formula is C21H30N2O3. The van der Waals surface area contributed by atoms with Crippen LogP contribution in [0.15, 0.2) is 24.3 Å². The molecule has 4 rings (SSSR count). The molecule has 1 N–H and O–H groups in total. The first-order valence-corrected chi connectivity index (χ1v) is 9.93. The topological polar surface area (TPSA) is 53.0 Å². The molecule has 0 aromatic heterocycles. The van der Waals surface area contributed by atoms with E-state index in [1.54, 1.807) is 14.0 Å². The summed E-state index contributed by atoms with van der Waals surface area (Å²) >= 11 is 0. The lowest BCUT2D eigenvalue weighted by Gasteiger charge is -2.55. The summed E-state index contributed by atoms with van der Waals surface area (Å²) in [5, 5.41) is 9.69. The minimum Gasteiger partial charge on any atom is -0.497 e. The second-order valence-corrected chi connectivity index (χ2v) is 8.27. The second-order valence-electron chi connectivity index (χ2n) is 8.27. The molecule has 0 radical (unpaired) electrons. The van der Waals surface area contributed by atoms with Crippen molar-refractivity contribution < 1.29 is 14.6 Å². The Balaban J connectivity index is 1.53. The summed E-state index contributed by atoms with van der Waals surface area (Å²) in [6.45, 7) is 4.23. The van der Waals surface area contributed by atoms with Crippen molar-refractivity contribution in [2.75, 3.05) is 26.7 Å². The molecular weight excluding hydrogens is 328 g/mol. The molecule has 3 aliphatic rings. The van der Waals surface area contributed by atoms with Gasteiger partial charge in [-0.15, -0.1) is 0 Å². The van der Waals surface area contributed by atoms with Gasteiger partial charge >= 0.3 is 0 Å². The number of hydrogen-bond donors (Lipinski definition) is 1. The van der Waals surface area contributed by atoms with Crippen molar-refractivity contribution >= 4 is 5.91 Å². The van der Waals surface area contributed by atoms with Crippen LogP contribution in [-0.2, 0) is 4.79 Å². The van der Waals surface area contributed by atoms with E-state index in [1.807, 2.05) is 4.90 Å². The van der Waals surface area contributed by atoms with Gasteiger partial charge in [0.05, 0.1) is 7.11 Å². The molecule has 5 atom stereocenters. The number of likely N-dealkylation sites (tertiary alicyclic amines) is 1. The predicted octanol–water partition coefficient (Wildman–Crippen LogP) is 2.45. The fourth-order valence-corrected chi connectivity index (χ4v) is 5.44. The molecule has 0 saturated carbocycles. The summed E-state index contributed by atoms with van der Waals surface area (Å²) in [6, 6.07) is 9.57. The highest BCUT2D eigenvalue weighted by molar-refractivity contribution is 5.80. The molecule has 5 heteroatoms. The zero-order valence-electron chi connectivity index (χ0n) is 15.8. The molecule has 0 aliphatic carbocycles. The van der Waals surface area contributed by atoms with Gasteiger partial charge in [-0.05, 0) is 62.1 Å². The van der Waals surface area contributed by atoms with Gasteiger partial charge in [-0.3, -0.25) is 9.69 Å². The monoisotopic (exact) mass is 358 g/mol. The summed E-state index contributed by atoms with van der Waals surface area (Å²) in [7, 11) is 1.71. The molecule has 1 aromatic carbocycles. The summed E-state index contributed by atoms with van der Waals surface area (Å²) < 4.78 is 5.31. The van der Waals surface area contributed by atoms with E-state index >= 15 is 0 Å². The van der Waals surface area contributed by atoms with Crippen LogP contribution in [-0.4, -0.2) is 59.7 Å². The molecule has 26 heavy (non-hydrogen) atoms. The summed E-state index contributed by atoms with van der Waals surface area (Å²) in [6.07, 6.45) is 4.01. The first-order valence-electron chi connectivity index (χ1n) is 9.93. The standard InChI is InChI=1S/C21H30N2O3/c1-14(24)21(25)22-11-15-10-17(13-22)20-5-3-4-19(23(20)12-15)16-6-8-18(26-2)9-7-16/h6-9,14-15,17,19-20,24H,3-5,10-13H2,1-2H3/t14-,15+,17-,19-,20+/m1/s1. The number of carbonyl (C=O) groups excluding carboxylic acids is 1. The van der Waals surface area contributed by atoms with Crippen molar-refractivity contribution in [2.45, 2.75) is 50.8 Å². The van der Waals surface area contributed by atoms with Crippen LogP contribution in [0.3, 0.4) is 0 Å². The molecule has 0 spiro atoms. The van der Waals surface area contributed by atoms with Gasteiger partial charge in [0.15, 0.2) is 0 Å². The lowest BCUT2D eigenvalue weighted by Crippen LogP contribution is -2.61. The quantitative estimate of drug-likeness (QED) is 0.902. The van der Waals surface area contributed by atoms with E-state index in [0.717, 1.165) is 25.4 Å². The van der Waals surface area contributed by atoms with Crippen LogP contribution < -0.4 is 4.74 Å². The van der Waals surface area contributed by atoms with Gasteiger partial charge in [0, 0.05) is 31.7 Å². The number of carbonyl (C=O) groups is 1. The number of piperidine rings is 3. The number of aliphatic hydroxyl groups is 1. The third kappa shape index (κ3) is 3.23. The van der Waals surface area contributed by atoms with E-state index in [2.05, 4.69) is 29.2 Å². The maximum Gasteiger partial charge on any atom is 0.251 e. The summed E-state index contributed by atoms with van der Waals surface area (Å²) in [5.74, 6) is 1.86. The van der Waals surface area contributed by atoms with Crippen LogP contribution in [0.1, 0.15) is 44.2 Å². The van der Waals surface area contributed by atoms with Crippen LogP contribution in [0.5, 0.6) is 5.75 Å². The number of rotatable bonds is 3. The highest BCUT2D eigenvalue weighted by Crippen LogP contribution is 2.44. The zero-order chi connectivity index (χ0) is 18.3. The fraction of sp³-hybridized carbons (Fsp3) is 0.667. The normalized spacial score (nSPS) is 32.7. The van der Waals surface area contributed by atoms with Crippen molar-refractivity contribution in [2.24, 2.45) is 11.8 Å². The number of benzene rings is 1. The van der Waals surface area contributed by atoms with E-state index in [4.69, 9.17) is 4.74 Å². The maximum atomic E-state index is 12.3. The van der Waals surface area contributed by atoms with Gasteiger partial charge in [0.1, 0.15) is 11.9 Å². The van der Waals surface area contributed by atoms with E-state index in [9.17, 15) is 9.90 Å². The van der Waals surface area contributed by atoms with Crippen molar-refractivity contribution in [3.05, 3.63) is 29.8 Å². The maximum absolute atomic E-state index is 12.3. The Bertz CT molecular complexity index is 645. The van der Waals surface area contributed by atoms with Crippen molar-refractivity contribution in [1.29, 1.82) is 0 Å². The average Bonchev–Trinajstić information content (AvgIpc) is 2.67. The highest BCUT2D eigenvalue weighted by atomic mass is 16.5. The minimum absolute atomic E-state index is 0.101. The fourth-order valence-electron chi connectivity index (χ4n) is 5.44. The van der Waals surface area contributed by atoms with Gasteiger partial charge in [0.2, 0.25) is 0 Å². The Morgan fingerprint density at radius 1 is 1.19 bits per heavy atom. The van der Waals surface area contributed by atoms with Crippen molar-refractivity contribution in [3.8, 4) is 5.75 Å². The number of ether oxygens (including phenoxy) is 1. The third-order valence-electron chi connectivity index (χ3n) is 6.56. The molecule has 3 fully saturated rings. The lowest BCUT2D eigenvalue weighted by atomic mass is 9.74. The van der Waals surface area contributed by atoms with Gasteiger partial charge in [-0.25, -0.2) is 0 Å². The number of methoxy groups -OCH3 is 1. The zero-order valence-corrected chi connectivity index (χ0v) is 15.8. The minimum atomic E-state index is -0.886. The number of fused-ring (bicyclic) bond motifs is 4. The Morgan fingerprint density at radius 3 is 2.65 bits per heavy atom. The first kappa shape index (κ1) is 17.8. The van der Waals surface area contributed by atoms with Crippen LogP contribution in [0.2, 0.25) is 0 Å². The first-order chi connectivity index (χ1) is 12.6. The SMILES string of the molecule is COc1ccc([C@H]2CCC[C@H]3[C@@H]4C[C@@H](CN(C(=O)[C@@H](C)O)C4)CN23)cc1. The molecule has 3 saturated heterocycles. The largest absolute Gasteiger partial charge is 0.497 e. The van der Waals surface area contributed by atoms with E-state index in [-0.39, 0.29) is 5.91 Å². The van der Waals surface area contributed by atoms with Crippen molar-refractivity contribution in [1.82, 2.24) is 9.80 Å². The average molecular weight is 358 g/mol. The van der Waals surface area contributed by atoms with Crippen LogP contribution >= 0.6 is 0 Å². The smallest absolute Gasteiger partial charge is 0.251 e. The summed E-state index contributed by atoms with van der Waals surface area (Å²) in [5.41, 5.74) is 1.38. The Kier molecular flexibility index (Phi) is 4.93. The Hall–Kier alpha value is -1.59. The van der Waals surface area contributed by atoms with Gasteiger partial charge in [-0.2, -0.15) is 0 Å². The molecule has 3 aliphatic heterocycles. The molecule has 1 aromatic rings. The predicted molar refractivity (Wildman–Crippen MR) is 99.9 cm³/mol. The summed E-state index contributed by atoms with van der Waals surface area (Å²) in [4.78, 5) is 16.9. The van der Waals surface area contributed by atoms with Gasteiger partial charge in [-0.1, -0.05) is 12.1 Å². The van der Waals surface area contributed by atoms with E-state index in [0.29, 0.717) is 23.9 Å². The number of aliphatic hydroxyl groups excluding tert-OH is 1. The third-order valence-corrected chi connectivity index (χ3v) is 6.56. The van der Waals surface area contributed by atoms with Crippen LogP contribution in [0.25, 0.3) is 0 Å². The molecule has 3 heterocycles. The van der Waals surface area contributed by atoms with E-state index < -0.39 is 6.10 Å². The lowest BCUT2D eigenvalue weighted by molar-refractivity contribution is -0.146. The van der Waals surface area contributed by atoms with Gasteiger partial charge < -0.3 is 14.7 Å². The molecule has 5 nitrogen and oxygen atoms in total. The second kappa shape index (κ2) is 7.20. The number of amides is 1. The Morgan fingerprint density at radius 2 is 1.96 bits per heavy atom. The molecule has 142 valence electrons. The van der Waals surface area contributed by atoms with Gasteiger partial charge in [0.25, 0.3) is 5.91 Å². The Labute approximate surface area is 155 Å². The van der Waals surface area contributed by atoms with Crippen LogP contribution in [0.4, 0.5) is 0 Å².